The zero-order valence-electron chi connectivity index (χ0n) is 17.9. The molecule has 2 aromatic carbocycles. The molecule has 0 radical (unpaired) electrons. The summed E-state index contributed by atoms with van der Waals surface area (Å²) in [5.41, 5.74) is 1.90. The predicted octanol–water partition coefficient (Wildman–Crippen LogP) is 5.25. The van der Waals surface area contributed by atoms with Crippen LogP contribution in [0.4, 0.5) is 5.69 Å². The molecule has 2 aromatic rings. The van der Waals surface area contributed by atoms with Gasteiger partial charge in [0.2, 0.25) is 0 Å². The van der Waals surface area contributed by atoms with Crippen molar-refractivity contribution in [1.29, 1.82) is 0 Å². The molecule has 4 nitrogen and oxygen atoms in total. The monoisotopic (exact) mass is 441 g/mol. The smallest absolute Gasteiger partial charge is 0.254 e. The largest absolute Gasteiger partial charge is 0.334 e. The van der Waals surface area contributed by atoms with Gasteiger partial charge in [-0.2, -0.15) is 0 Å². The van der Waals surface area contributed by atoms with E-state index in [1.165, 1.54) is 35.7 Å². The molecule has 0 bridgehead atoms. The van der Waals surface area contributed by atoms with Gasteiger partial charge in [-0.15, -0.1) is 11.8 Å². The van der Waals surface area contributed by atoms with Crippen molar-refractivity contribution in [2.75, 3.05) is 43.8 Å². The number of thioether (sulfide) groups is 1. The summed E-state index contributed by atoms with van der Waals surface area (Å²) >= 11 is 3.45. The van der Waals surface area contributed by atoms with Crippen LogP contribution in [0.15, 0.2) is 58.3 Å². The molecule has 1 unspecified atom stereocenters. The van der Waals surface area contributed by atoms with Crippen LogP contribution in [0.1, 0.15) is 36.0 Å². The first-order valence-electron chi connectivity index (χ1n) is 10.8. The van der Waals surface area contributed by atoms with E-state index >= 15 is 0 Å². The zero-order chi connectivity index (χ0) is 20.9. The highest BCUT2D eigenvalue weighted by Crippen LogP contribution is 2.29. The van der Waals surface area contributed by atoms with Crippen LogP contribution in [0.5, 0.6) is 0 Å². The molecule has 0 aromatic heterocycles. The highest BCUT2D eigenvalue weighted by atomic mass is 32.2. The molecule has 160 valence electrons. The summed E-state index contributed by atoms with van der Waals surface area (Å²) in [5, 5.41) is 0. The van der Waals surface area contributed by atoms with Crippen molar-refractivity contribution in [3.63, 3.8) is 0 Å². The minimum Gasteiger partial charge on any atom is -0.334 e. The maximum Gasteiger partial charge on any atom is 0.254 e. The van der Waals surface area contributed by atoms with Crippen LogP contribution in [0.3, 0.4) is 0 Å². The van der Waals surface area contributed by atoms with Gasteiger partial charge < -0.3 is 14.1 Å². The van der Waals surface area contributed by atoms with Gasteiger partial charge in [-0.25, -0.2) is 0 Å². The Kier molecular flexibility index (Phi) is 7.28. The standard InChI is InChI=1S/C24H31N3OS2/c1-25(30-23-13-11-22(29-2)12-14-23)20-9-7-19(8-10-20)24(28)27-17-5-6-21(27)18-26-15-3-4-16-26/h7-14,21H,3-6,15-18H2,1-2H3. The van der Waals surface area contributed by atoms with Crippen molar-refractivity contribution < 1.29 is 4.79 Å². The van der Waals surface area contributed by atoms with E-state index in [1.54, 1.807) is 23.7 Å². The summed E-state index contributed by atoms with van der Waals surface area (Å²) < 4.78 is 2.15. The number of hydrogen-bond donors (Lipinski definition) is 0. The van der Waals surface area contributed by atoms with Crippen molar-refractivity contribution >= 4 is 35.3 Å². The van der Waals surface area contributed by atoms with E-state index in [4.69, 9.17) is 0 Å². The molecular weight excluding hydrogens is 410 g/mol. The van der Waals surface area contributed by atoms with Crippen LogP contribution in [-0.4, -0.2) is 61.2 Å². The molecule has 2 saturated heterocycles. The van der Waals surface area contributed by atoms with Gasteiger partial charge in [0.15, 0.2) is 0 Å². The van der Waals surface area contributed by atoms with E-state index in [9.17, 15) is 4.79 Å². The second-order valence-corrected chi connectivity index (χ2v) is 10.2. The van der Waals surface area contributed by atoms with E-state index in [0.29, 0.717) is 6.04 Å². The van der Waals surface area contributed by atoms with Gasteiger partial charge in [-0.05, 0) is 106 Å². The quantitative estimate of drug-likeness (QED) is 0.432. The van der Waals surface area contributed by atoms with Gasteiger partial charge in [0.1, 0.15) is 0 Å². The van der Waals surface area contributed by atoms with Crippen molar-refractivity contribution in [3.8, 4) is 0 Å². The molecule has 1 amide bonds. The van der Waals surface area contributed by atoms with E-state index in [2.05, 4.69) is 63.8 Å². The normalized spacial score (nSPS) is 19.4. The van der Waals surface area contributed by atoms with Gasteiger partial charge >= 0.3 is 0 Å². The first kappa shape index (κ1) is 21.6. The Morgan fingerprint density at radius 2 is 1.63 bits per heavy atom. The fourth-order valence-corrected chi connectivity index (χ4v) is 5.59. The molecule has 0 aliphatic carbocycles. The predicted molar refractivity (Wildman–Crippen MR) is 129 cm³/mol. The van der Waals surface area contributed by atoms with Crippen LogP contribution in [0.25, 0.3) is 0 Å². The van der Waals surface area contributed by atoms with Crippen LogP contribution < -0.4 is 4.31 Å². The molecular formula is C24H31N3OS2. The van der Waals surface area contributed by atoms with Gasteiger partial charge in [-0.3, -0.25) is 4.79 Å². The number of benzene rings is 2. The Labute approximate surface area is 189 Å². The number of rotatable bonds is 7. The molecule has 0 spiro atoms. The summed E-state index contributed by atoms with van der Waals surface area (Å²) in [6, 6.07) is 17.1. The van der Waals surface area contributed by atoms with Crippen molar-refractivity contribution in [2.24, 2.45) is 0 Å². The Bertz CT molecular complexity index is 835. The molecule has 6 heteroatoms. The molecule has 4 rings (SSSR count). The SMILES string of the molecule is CSc1ccc(SN(C)c2ccc(C(=O)N3CCCC3CN3CCCC3)cc2)cc1. The number of likely N-dealkylation sites (tertiary alicyclic amines) is 2. The number of nitrogens with zero attached hydrogens (tertiary/aromatic N) is 3. The minimum absolute atomic E-state index is 0.186. The summed E-state index contributed by atoms with van der Waals surface area (Å²) in [5.74, 6) is 0.186. The fraction of sp³-hybridized carbons (Fsp3) is 0.458. The summed E-state index contributed by atoms with van der Waals surface area (Å²) in [7, 11) is 2.07. The number of anilines is 1. The molecule has 2 aliphatic heterocycles. The number of carbonyl (C=O) groups excluding carboxylic acids is 1. The van der Waals surface area contributed by atoms with Gasteiger partial charge in [0, 0.05) is 47.2 Å². The lowest BCUT2D eigenvalue weighted by Gasteiger charge is -2.28. The molecule has 2 heterocycles. The Hall–Kier alpha value is -1.63. The lowest BCUT2D eigenvalue weighted by molar-refractivity contribution is 0.0709. The van der Waals surface area contributed by atoms with Gasteiger partial charge in [-0.1, -0.05) is 0 Å². The van der Waals surface area contributed by atoms with Gasteiger partial charge in [0.25, 0.3) is 5.91 Å². The topological polar surface area (TPSA) is 26.8 Å². The third-order valence-electron chi connectivity index (χ3n) is 6.09. The Morgan fingerprint density at radius 3 is 2.30 bits per heavy atom. The van der Waals surface area contributed by atoms with E-state index in [1.807, 2.05) is 12.1 Å². The highest BCUT2D eigenvalue weighted by molar-refractivity contribution is 8.00. The summed E-state index contributed by atoms with van der Waals surface area (Å²) in [6.07, 6.45) is 6.95. The van der Waals surface area contributed by atoms with Crippen LogP contribution in [0, 0.1) is 0 Å². The molecule has 2 fully saturated rings. The fourth-order valence-electron chi connectivity index (χ4n) is 4.38. The molecule has 0 saturated carbocycles. The maximum atomic E-state index is 13.2. The first-order chi connectivity index (χ1) is 14.6. The van der Waals surface area contributed by atoms with Gasteiger partial charge in [0.05, 0.1) is 0 Å². The third kappa shape index (κ3) is 5.16. The second-order valence-electron chi connectivity index (χ2n) is 8.11. The maximum absolute atomic E-state index is 13.2. The van der Waals surface area contributed by atoms with Crippen molar-refractivity contribution in [2.45, 2.75) is 41.5 Å². The Morgan fingerprint density at radius 1 is 0.967 bits per heavy atom. The Balaban J connectivity index is 1.37. The third-order valence-corrected chi connectivity index (χ3v) is 7.80. The molecule has 0 N–H and O–H groups in total. The average Bonchev–Trinajstić information content (AvgIpc) is 3.46. The first-order valence-corrected chi connectivity index (χ1v) is 12.8. The van der Waals surface area contributed by atoms with Crippen LogP contribution in [-0.2, 0) is 0 Å². The minimum atomic E-state index is 0.186. The van der Waals surface area contributed by atoms with E-state index < -0.39 is 0 Å². The van der Waals surface area contributed by atoms with E-state index in [0.717, 1.165) is 37.2 Å². The van der Waals surface area contributed by atoms with Crippen molar-refractivity contribution in [3.05, 3.63) is 54.1 Å². The second kappa shape index (κ2) is 10.1. The average molecular weight is 442 g/mol. The number of hydrogen-bond acceptors (Lipinski definition) is 5. The lowest BCUT2D eigenvalue weighted by atomic mass is 10.1. The lowest BCUT2D eigenvalue weighted by Crippen LogP contribution is -2.42. The van der Waals surface area contributed by atoms with E-state index in [-0.39, 0.29) is 5.91 Å². The summed E-state index contributed by atoms with van der Waals surface area (Å²) in [4.78, 5) is 20.3. The number of carbonyl (C=O) groups is 1. The molecule has 1 atom stereocenters. The zero-order valence-corrected chi connectivity index (χ0v) is 19.6. The number of amides is 1. The van der Waals surface area contributed by atoms with Crippen LogP contribution in [0.2, 0.25) is 0 Å². The summed E-state index contributed by atoms with van der Waals surface area (Å²) in [6.45, 7) is 4.31. The van der Waals surface area contributed by atoms with Crippen molar-refractivity contribution in [1.82, 2.24) is 9.80 Å². The van der Waals surface area contributed by atoms with Crippen LogP contribution >= 0.6 is 23.7 Å². The molecule has 30 heavy (non-hydrogen) atoms. The molecule has 2 aliphatic rings. The highest BCUT2D eigenvalue weighted by Gasteiger charge is 2.31.